The minimum atomic E-state index is -2.90. The van der Waals surface area contributed by atoms with E-state index in [2.05, 4.69) is 0 Å². The van der Waals surface area contributed by atoms with Crippen LogP contribution in [0.4, 0.5) is 8.78 Å². The highest BCUT2D eigenvalue weighted by Gasteiger charge is 2.20. The Morgan fingerprint density at radius 3 is 2.53 bits per heavy atom. The fourth-order valence-corrected chi connectivity index (χ4v) is 1.63. The van der Waals surface area contributed by atoms with E-state index in [0.717, 1.165) is 12.1 Å². The molecule has 0 bridgehead atoms. The van der Waals surface area contributed by atoms with Crippen LogP contribution in [0.3, 0.4) is 0 Å². The molecule has 1 aromatic rings. The molecule has 0 aliphatic carbocycles. The molecule has 78 valence electrons. The molecular formula is C9H4F2INO2. The number of hydrogen-bond acceptors (Lipinski definition) is 2. The predicted octanol–water partition coefficient (Wildman–Crippen LogP) is 2.80. The molecule has 0 aromatic heterocycles. The lowest BCUT2D eigenvalue weighted by molar-refractivity contribution is 0.0684. The summed E-state index contributed by atoms with van der Waals surface area (Å²) in [6.07, 6.45) is -2.90. The van der Waals surface area contributed by atoms with Gasteiger partial charge in [0.15, 0.2) is 0 Å². The Balaban J connectivity index is 3.47. The number of nitriles is 1. The van der Waals surface area contributed by atoms with E-state index in [0.29, 0.717) is 3.57 Å². The Morgan fingerprint density at radius 2 is 2.13 bits per heavy atom. The van der Waals surface area contributed by atoms with Gasteiger partial charge in [-0.25, -0.2) is 13.6 Å². The summed E-state index contributed by atoms with van der Waals surface area (Å²) in [5, 5.41) is 17.3. The Bertz CT molecular complexity index is 454. The average molecular weight is 323 g/mol. The minimum absolute atomic E-state index is 0.0518. The van der Waals surface area contributed by atoms with E-state index >= 15 is 0 Å². The van der Waals surface area contributed by atoms with Crippen molar-refractivity contribution in [2.24, 2.45) is 0 Å². The summed E-state index contributed by atoms with van der Waals surface area (Å²) in [5.74, 6) is -1.42. The summed E-state index contributed by atoms with van der Waals surface area (Å²) in [6.45, 7) is 0. The van der Waals surface area contributed by atoms with Gasteiger partial charge in [0.1, 0.15) is 6.07 Å². The van der Waals surface area contributed by atoms with Crippen molar-refractivity contribution in [2.75, 3.05) is 0 Å². The van der Waals surface area contributed by atoms with Gasteiger partial charge in [-0.05, 0) is 34.7 Å². The highest BCUT2D eigenvalue weighted by Crippen LogP contribution is 2.27. The first kappa shape index (κ1) is 11.8. The number of aromatic carboxylic acids is 1. The van der Waals surface area contributed by atoms with Crippen LogP contribution in [0.25, 0.3) is 0 Å². The SMILES string of the molecule is N#Cc1cc(C(F)F)c(C(=O)O)cc1I. The molecule has 0 amide bonds. The molecule has 1 aromatic carbocycles. The smallest absolute Gasteiger partial charge is 0.336 e. The summed E-state index contributed by atoms with van der Waals surface area (Å²) >= 11 is 1.73. The van der Waals surface area contributed by atoms with Crippen LogP contribution >= 0.6 is 22.6 Å². The highest BCUT2D eigenvalue weighted by atomic mass is 127. The molecule has 0 aliphatic heterocycles. The molecule has 15 heavy (non-hydrogen) atoms. The molecule has 0 spiro atoms. The Hall–Kier alpha value is -1.23. The second-order valence-corrected chi connectivity index (χ2v) is 3.80. The summed E-state index contributed by atoms with van der Waals surface area (Å²) in [6, 6.07) is 3.71. The van der Waals surface area contributed by atoms with Gasteiger partial charge in [-0.3, -0.25) is 0 Å². The van der Waals surface area contributed by atoms with Crippen LogP contribution in [0.2, 0.25) is 0 Å². The summed E-state index contributed by atoms with van der Waals surface area (Å²) in [5.41, 5.74) is -1.04. The van der Waals surface area contributed by atoms with Crippen molar-refractivity contribution in [1.29, 1.82) is 5.26 Å². The number of rotatable bonds is 2. The molecule has 1 N–H and O–H groups in total. The quantitative estimate of drug-likeness (QED) is 0.852. The van der Waals surface area contributed by atoms with E-state index < -0.39 is 23.5 Å². The number of halogens is 3. The van der Waals surface area contributed by atoms with Crippen LogP contribution in [0.1, 0.15) is 27.9 Å². The minimum Gasteiger partial charge on any atom is -0.478 e. The van der Waals surface area contributed by atoms with Crippen LogP contribution in [0, 0.1) is 14.9 Å². The largest absolute Gasteiger partial charge is 0.478 e. The van der Waals surface area contributed by atoms with Gasteiger partial charge in [-0.15, -0.1) is 0 Å². The number of benzene rings is 1. The zero-order valence-corrected chi connectivity index (χ0v) is 9.33. The van der Waals surface area contributed by atoms with Crippen LogP contribution in [0.5, 0.6) is 0 Å². The first-order valence-corrected chi connectivity index (χ1v) is 4.80. The summed E-state index contributed by atoms with van der Waals surface area (Å²) in [7, 11) is 0. The first-order valence-electron chi connectivity index (χ1n) is 3.72. The van der Waals surface area contributed by atoms with Gasteiger partial charge in [-0.2, -0.15) is 5.26 Å². The maximum absolute atomic E-state index is 12.5. The fourth-order valence-electron chi connectivity index (χ4n) is 1.04. The molecule has 0 heterocycles. The lowest BCUT2D eigenvalue weighted by atomic mass is 10.0. The van der Waals surface area contributed by atoms with E-state index in [9.17, 15) is 13.6 Å². The molecule has 0 radical (unpaired) electrons. The molecule has 6 heteroatoms. The molecule has 0 fully saturated rings. The van der Waals surface area contributed by atoms with E-state index in [1.807, 2.05) is 0 Å². The summed E-state index contributed by atoms with van der Waals surface area (Å²) in [4.78, 5) is 10.7. The lowest BCUT2D eigenvalue weighted by Crippen LogP contribution is -2.04. The maximum Gasteiger partial charge on any atom is 0.336 e. The van der Waals surface area contributed by atoms with Crippen molar-refractivity contribution in [3.05, 3.63) is 32.4 Å². The summed E-state index contributed by atoms with van der Waals surface area (Å²) < 4.78 is 25.3. The van der Waals surface area contributed by atoms with Gasteiger partial charge in [0.2, 0.25) is 0 Å². The molecule has 0 unspecified atom stereocenters. The molecular weight excluding hydrogens is 319 g/mol. The molecule has 0 atom stereocenters. The van der Waals surface area contributed by atoms with Crippen LogP contribution in [-0.4, -0.2) is 11.1 Å². The monoisotopic (exact) mass is 323 g/mol. The Labute approximate surface area is 97.5 Å². The second-order valence-electron chi connectivity index (χ2n) is 2.64. The topological polar surface area (TPSA) is 61.1 Å². The highest BCUT2D eigenvalue weighted by molar-refractivity contribution is 14.1. The third-order valence-electron chi connectivity index (χ3n) is 1.73. The van der Waals surface area contributed by atoms with Crippen molar-refractivity contribution in [1.82, 2.24) is 0 Å². The molecule has 3 nitrogen and oxygen atoms in total. The number of hydrogen-bond donors (Lipinski definition) is 1. The number of carboxylic acids is 1. The standard InChI is InChI=1S/C9H4F2INO2/c10-8(11)5-1-4(3-13)7(12)2-6(5)9(14)15/h1-2,8H,(H,14,15). The van der Waals surface area contributed by atoms with Gasteiger partial charge in [-0.1, -0.05) is 0 Å². The van der Waals surface area contributed by atoms with E-state index in [1.165, 1.54) is 0 Å². The molecule has 1 rings (SSSR count). The number of nitrogens with zero attached hydrogens (tertiary/aromatic N) is 1. The van der Waals surface area contributed by atoms with Crippen LogP contribution in [-0.2, 0) is 0 Å². The van der Waals surface area contributed by atoms with Gasteiger partial charge < -0.3 is 5.11 Å². The zero-order chi connectivity index (χ0) is 11.6. The predicted molar refractivity (Wildman–Crippen MR) is 55.8 cm³/mol. The molecule has 0 aliphatic rings. The second kappa shape index (κ2) is 4.53. The number of carbonyl (C=O) groups is 1. The van der Waals surface area contributed by atoms with Crippen LogP contribution < -0.4 is 0 Å². The van der Waals surface area contributed by atoms with Gasteiger partial charge in [0.25, 0.3) is 6.43 Å². The van der Waals surface area contributed by atoms with Gasteiger partial charge in [0.05, 0.1) is 11.1 Å². The Morgan fingerprint density at radius 1 is 1.53 bits per heavy atom. The third-order valence-corrected chi connectivity index (χ3v) is 2.62. The first-order chi connectivity index (χ1) is 6.97. The fraction of sp³-hybridized carbons (Fsp3) is 0.111. The van der Waals surface area contributed by atoms with Crippen molar-refractivity contribution in [3.8, 4) is 6.07 Å². The van der Waals surface area contributed by atoms with E-state index in [1.54, 1.807) is 28.7 Å². The van der Waals surface area contributed by atoms with Crippen LogP contribution in [0.15, 0.2) is 12.1 Å². The zero-order valence-electron chi connectivity index (χ0n) is 7.17. The van der Waals surface area contributed by atoms with Gasteiger partial charge >= 0.3 is 5.97 Å². The Kier molecular flexibility index (Phi) is 3.57. The van der Waals surface area contributed by atoms with Crippen molar-refractivity contribution < 1.29 is 18.7 Å². The van der Waals surface area contributed by atoms with E-state index in [4.69, 9.17) is 10.4 Å². The number of carboxylic acid groups (broad SMARTS) is 1. The third kappa shape index (κ3) is 2.41. The maximum atomic E-state index is 12.5. The van der Waals surface area contributed by atoms with Crippen molar-refractivity contribution in [2.45, 2.75) is 6.43 Å². The van der Waals surface area contributed by atoms with Crippen molar-refractivity contribution in [3.63, 3.8) is 0 Å². The van der Waals surface area contributed by atoms with Crippen molar-refractivity contribution >= 4 is 28.6 Å². The average Bonchev–Trinajstić information content (AvgIpc) is 2.16. The molecule has 0 saturated heterocycles. The lowest BCUT2D eigenvalue weighted by Gasteiger charge is -2.06. The number of alkyl halides is 2. The van der Waals surface area contributed by atoms with Gasteiger partial charge in [0, 0.05) is 9.13 Å². The normalized spacial score (nSPS) is 10.1. The van der Waals surface area contributed by atoms with E-state index in [-0.39, 0.29) is 5.56 Å². The molecule has 0 saturated carbocycles.